The molecule has 3 aliphatic heterocycles. The van der Waals surface area contributed by atoms with E-state index in [1.54, 1.807) is 37.9 Å². The lowest BCUT2D eigenvalue weighted by molar-refractivity contribution is 0.0293. The number of H-pyrrole nitrogens is 1. The van der Waals surface area contributed by atoms with Gasteiger partial charge in [-0.2, -0.15) is 4.98 Å². The van der Waals surface area contributed by atoms with Gasteiger partial charge in [-0.1, -0.05) is 41.0 Å². The van der Waals surface area contributed by atoms with Crippen molar-refractivity contribution in [2.75, 3.05) is 80.8 Å². The molecule has 3 saturated heterocycles. The average Bonchev–Trinajstić information content (AvgIpc) is 1.62. The number of pyridine rings is 2. The van der Waals surface area contributed by atoms with E-state index in [1.807, 2.05) is 31.7 Å². The number of ether oxygens (including phenoxy) is 3. The van der Waals surface area contributed by atoms with Crippen molar-refractivity contribution in [3.8, 4) is 261 Å². The van der Waals surface area contributed by atoms with E-state index in [-0.39, 0.29) is 22.8 Å². The number of aromatic nitrogens is 6. The smallest absolute Gasteiger partial charge is 0.410 e. The molecule has 3 fully saturated rings. The molecular weight excluding hydrogens is 1230 g/mol. The molecule has 1 atom stereocenters. The molecule has 95 heavy (non-hydrogen) atoms. The summed E-state index contributed by atoms with van der Waals surface area (Å²) in [4.78, 5) is 54.8. The summed E-state index contributed by atoms with van der Waals surface area (Å²) in [6.45, 7) is 17.3. The van der Waals surface area contributed by atoms with Crippen molar-refractivity contribution in [3.05, 3.63) is 45.2 Å². The highest BCUT2D eigenvalue weighted by Gasteiger charge is 2.31. The molecule has 0 aliphatic carbocycles. The molecule has 15 nitrogen and oxygen atoms in total. The Hall–Kier alpha value is -13.7. The number of rotatable bonds is 4. The molecule has 0 saturated carbocycles. The summed E-state index contributed by atoms with van der Waals surface area (Å²) in [6, 6.07) is 3.52. The fourth-order valence-electron chi connectivity index (χ4n) is 6.85. The molecule has 454 valence electrons. The van der Waals surface area contributed by atoms with Gasteiger partial charge in [0.25, 0.3) is 5.56 Å². The first-order valence-electron chi connectivity index (χ1n) is 27.9. The monoisotopic (exact) mass is 1270 g/mol. The average molecular weight is 1280 g/mol. The van der Waals surface area contributed by atoms with Gasteiger partial charge in [0.05, 0.1) is 31.8 Å². The fourth-order valence-corrected chi connectivity index (χ4v) is 7.25. The van der Waals surface area contributed by atoms with Gasteiger partial charge in [-0.3, -0.25) is 9.78 Å². The van der Waals surface area contributed by atoms with E-state index >= 15 is 0 Å². The number of amides is 1. The van der Waals surface area contributed by atoms with Gasteiger partial charge < -0.3 is 34.2 Å². The highest BCUT2D eigenvalue weighted by atomic mass is 35.5. The van der Waals surface area contributed by atoms with Crippen LogP contribution in [0.5, 0.6) is 0 Å². The number of terminal acetylenes is 1. The summed E-state index contributed by atoms with van der Waals surface area (Å²) < 4.78 is 16.2. The summed E-state index contributed by atoms with van der Waals surface area (Å²) in [5.74, 6) is 109. The minimum absolute atomic E-state index is 0.0556. The van der Waals surface area contributed by atoms with Crippen LogP contribution in [-0.4, -0.2) is 118 Å². The number of carbonyl (C=O) groups is 1. The molecule has 7 rings (SSSR count). The molecule has 7 heterocycles. The normalized spacial score (nSPS) is 11.3. The van der Waals surface area contributed by atoms with Crippen LogP contribution in [0.3, 0.4) is 0 Å². The van der Waals surface area contributed by atoms with Gasteiger partial charge in [0.2, 0.25) is 11.9 Å². The molecule has 0 unspecified atom stereocenters. The molecular formula is C78H48Cl2N10O5. The van der Waals surface area contributed by atoms with Crippen LogP contribution in [0, 0.1) is 261 Å². The van der Waals surface area contributed by atoms with Crippen molar-refractivity contribution in [2.24, 2.45) is 0 Å². The first-order valence-corrected chi connectivity index (χ1v) is 28.6. The van der Waals surface area contributed by atoms with Gasteiger partial charge in [-0.05, 0) is 250 Å². The minimum atomic E-state index is -0.512. The predicted molar refractivity (Wildman–Crippen MR) is 373 cm³/mol. The molecule has 0 radical (unpaired) electrons. The van der Waals surface area contributed by atoms with Crippen LogP contribution in [0.25, 0.3) is 21.8 Å². The number of fused-ring (bicyclic) bond motifs is 2. The third-order valence-electron chi connectivity index (χ3n) is 10.7. The number of likely N-dealkylation sites (tertiary alicyclic amines) is 1. The lowest BCUT2D eigenvalue weighted by atomic mass is 10.2. The number of halogens is 2. The molecule has 4 aromatic rings. The molecule has 4 aromatic heterocycles. The second kappa shape index (κ2) is 45.5. The van der Waals surface area contributed by atoms with Crippen LogP contribution in [0.15, 0.2) is 29.3 Å². The molecule has 2 N–H and O–H groups in total. The Morgan fingerprint density at radius 2 is 0.884 bits per heavy atom. The third-order valence-corrected chi connectivity index (χ3v) is 11.2. The number of anilines is 3. The minimum Gasteiger partial charge on any atom is -0.444 e. The van der Waals surface area contributed by atoms with E-state index in [1.165, 1.54) is 6.20 Å². The number of nitrogens with one attached hydrogen (secondary N) is 2. The Morgan fingerprint density at radius 1 is 0.526 bits per heavy atom. The van der Waals surface area contributed by atoms with Crippen LogP contribution >= 0.6 is 23.2 Å². The van der Waals surface area contributed by atoms with Crippen molar-refractivity contribution < 1.29 is 19.0 Å². The molecule has 0 aromatic carbocycles. The first kappa shape index (κ1) is 73.7. The lowest BCUT2D eigenvalue weighted by Gasteiger charge is -2.28. The number of hydrogen-bond donors (Lipinski definition) is 2. The van der Waals surface area contributed by atoms with Crippen LogP contribution in [0.1, 0.15) is 48.0 Å². The van der Waals surface area contributed by atoms with Gasteiger partial charge in [-0.25, -0.2) is 24.7 Å². The van der Waals surface area contributed by atoms with Crippen LogP contribution in [0.2, 0.25) is 10.3 Å². The third kappa shape index (κ3) is 31.3. The Kier molecular flexibility index (Phi) is 35.3. The maximum Gasteiger partial charge on any atom is 0.410 e. The number of aromatic amines is 1. The summed E-state index contributed by atoms with van der Waals surface area (Å²) >= 11 is 12.3. The second-order valence-electron chi connectivity index (χ2n) is 18.3. The first-order chi connectivity index (χ1) is 46.4. The molecule has 3 aliphatic rings. The Bertz CT molecular complexity index is 5040. The maximum atomic E-state index is 12.4. The zero-order valence-electron chi connectivity index (χ0n) is 52.1. The van der Waals surface area contributed by atoms with Gasteiger partial charge >= 0.3 is 6.09 Å². The lowest BCUT2D eigenvalue weighted by Crippen LogP contribution is -2.38. The number of carbonyl (C=O) groups excluding carboxylic acids is 1. The van der Waals surface area contributed by atoms with Crippen molar-refractivity contribution in [1.29, 1.82) is 0 Å². The van der Waals surface area contributed by atoms with Crippen LogP contribution in [-0.2, 0) is 14.2 Å². The highest BCUT2D eigenvalue weighted by Crippen LogP contribution is 2.29. The maximum absolute atomic E-state index is 12.4. The number of nitrogens with zero attached hydrogens (tertiary/aromatic N) is 8. The van der Waals surface area contributed by atoms with Crippen molar-refractivity contribution >= 4 is 68.8 Å². The van der Waals surface area contributed by atoms with Gasteiger partial charge in [-0.15, -0.1) is 6.42 Å². The standard InChI is InChI=1S/C24H6.C23H4.C20H27ClN6O3.C11H11ClN4O2/c1-3-5-7-9-11-13-15-17-19-21-23-24-22-20-18-16-14-12-10-8-6-4-2;1-3-5-7-9-11-13-15-17-19-21-23-22-20-18-16-14-12-10-8-6-4-2;1-20(2,3)30-19(28)27-7-5-13(12-27)23-17-14-4-6-22-16(21)15(14)24-18(25-17)26-8-10-29-11-9-26;12-9-8-7(1-2-13-9)10(17)15-11(14-8)16-3-5-18-6-4-16/h1-2H3;1H,2H3;4,6,13H,5,7-12H2,1-3H3,(H,23,24,25);1-2H,3-6H2,(H,14,15,17)/t;;13-;/m..1./s1. The summed E-state index contributed by atoms with van der Waals surface area (Å²) in [7, 11) is 0. The van der Waals surface area contributed by atoms with E-state index < -0.39 is 5.60 Å². The van der Waals surface area contributed by atoms with E-state index in [4.69, 9.17) is 48.8 Å². The predicted octanol–water partition coefficient (Wildman–Crippen LogP) is 5.48. The van der Waals surface area contributed by atoms with E-state index in [2.05, 4.69) is 290 Å². The van der Waals surface area contributed by atoms with Crippen LogP contribution < -0.4 is 20.7 Å². The Labute approximate surface area is 566 Å². The topological polar surface area (TPSA) is 164 Å². The second-order valence-corrected chi connectivity index (χ2v) is 19.0. The largest absolute Gasteiger partial charge is 0.444 e. The van der Waals surface area contributed by atoms with Gasteiger partial charge in [0.15, 0.2) is 10.3 Å². The van der Waals surface area contributed by atoms with E-state index in [9.17, 15) is 9.59 Å². The summed E-state index contributed by atoms with van der Waals surface area (Å²) in [5.41, 5.74) is 0.331. The van der Waals surface area contributed by atoms with Crippen LogP contribution in [0.4, 0.5) is 22.5 Å². The zero-order chi connectivity index (χ0) is 68.2. The summed E-state index contributed by atoms with van der Waals surface area (Å²) in [5, 5.41) is 5.34. The van der Waals surface area contributed by atoms with Gasteiger partial charge in [0, 0.05) is 110 Å². The Morgan fingerprint density at radius 3 is 1.26 bits per heavy atom. The van der Waals surface area contributed by atoms with E-state index in [0.717, 1.165) is 24.9 Å². The zero-order valence-corrected chi connectivity index (χ0v) is 53.6. The van der Waals surface area contributed by atoms with Crippen molar-refractivity contribution in [3.63, 3.8) is 0 Å². The summed E-state index contributed by atoms with van der Waals surface area (Å²) in [6.07, 6.45) is 8.56. The van der Waals surface area contributed by atoms with E-state index in [0.29, 0.717) is 91.9 Å². The highest BCUT2D eigenvalue weighted by molar-refractivity contribution is 6.34. The molecule has 0 spiro atoms. The molecule has 0 bridgehead atoms. The number of hydrogen-bond acceptors (Lipinski definition) is 13. The van der Waals surface area contributed by atoms with Gasteiger partial charge in [0.1, 0.15) is 22.5 Å². The van der Waals surface area contributed by atoms with Crippen molar-refractivity contribution in [1.82, 2.24) is 34.8 Å². The SMILES string of the molecule is C#CC#CC#CC#CC#CC#CC#CC#CC#CC#CC#CC.CC#CC#CC#CC#CC#CC#CC#CC#CC#CC#CC#CC.CC(C)(C)OC(=O)N1CC[C@@H](Nc2nc(N3CCOCC3)nc3c(Cl)nccc23)C1.O=c1[nH]c(N2CCOCC2)nc2c(Cl)nccc12. The fraction of sp³-hybridized carbons (Fsp3) is 0.244. The molecule has 1 amide bonds. The quantitative estimate of drug-likeness (QED) is 0.195. The molecule has 17 heteroatoms. The number of morpholine rings is 2. The Balaban J connectivity index is 0.000000274. The van der Waals surface area contributed by atoms with Crippen molar-refractivity contribution in [2.45, 2.75) is 59.6 Å².